The first-order valence-electron chi connectivity index (χ1n) is 8.03. The number of aryl methyl sites for hydroxylation is 1. The Hall–Kier alpha value is -2.54. The number of para-hydroxylation sites is 1. The summed E-state index contributed by atoms with van der Waals surface area (Å²) in [7, 11) is 0. The monoisotopic (exact) mass is 339 g/mol. The first-order valence-corrected chi connectivity index (χ1v) is 8.85. The van der Waals surface area contributed by atoms with Crippen molar-refractivity contribution in [1.82, 2.24) is 20.0 Å². The van der Waals surface area contributed by atoms with E-state index in [4.69, 9.17) is 0 Å². The van der Waals surface area contributed by atoms with Gasteiger partial charge in [0.1, 0.15) is 10.7 Å². The maximum atomic E-state index is 12.7. The fourth-order valence-electron chi connectivity index (χ4n) is 2.51. The van der Waals surface area contributed by atoms with Crippen molar-refractivity contribution in [3.63, 3.8) is 0 Å². The van der Waals surface area contributed by atoms with Crippen LogP contribution < -0.4 is 5.32 Å². The van der Waals surface area contributed by atoms with Gasteiger partial charge in [0.05, 0.1) is 11.4 Å². The van der Waals surface area contributed by atoms with Crippen molar-refractivity contribution in [2.45, 2.75) is 32.1 Å². The highest BCUT2D eigenvalue weighted by atomic mass is 32.1. The van der Waals surface area contributed by atoms with Gasteiger partial charge in [-0.05, 0) is 37.5 Å². The Bertz CT molecular complexity index is 866. The molecule has 1 aromatic carbocycles. The van der Waals surface area contributed by atoms with Crippen LogP contribution in [0.3, 0.4) is 0 Å². The van der Waals surface area contributed by atoms with E-state index in [9.17, 15) is 4.79 Å². The van der Waals surface area contributed by atoms with Crippen molar-refractivity contribution in [3.05, 3.63) is 52.8 Å². The van der Waals surface area contributed by atoms with Gasteiger partial charge < -0.3 is 0 Å². The van der Waals surface area contributed by atoms with Crippen molar-refractivity contribution < 1.29 is 4.79 Å². The number of amides is 1. The molecule has 2 aromatic heterocycles. The van der Waals surface area contributed by atoms with Gasteiger partial charge in [0, 0.05) is 5.92 Å². The van der Waals surface area contributed by atoms with Crippen LogP contribution in [0.4, 0.5) is 5.13 Å². The summed E-state index contributed by atoms with van der Waals surface area (Å²) in [6.07, 6.45) is 3.09. The molecule has 1 N–H and O–H groups in total. The molecule has 0 unspecified atom stereocenters. The summed E-state index contributed by atoms with van der Waals surface area (Å²) in [5.41, 5.74) is 2.38. The van der Waals surface area contributed by atoms with Crippen molar-refractivity contribution in [1.29, 1.82) is 0 Å². The van der Waals surface area contributed by atoms with Gasteiger partial charge in [0.2, 0.25) is 5.13 Å². The lowest BCUT2D eigenvalue weighted by atomic mass is 10.2. The summed E-state index contributed by atoms with van der Waals surface area (Å²) in [5.74, 6) is 0.270. The molecule has 1 amide bonds. The van der Waals surface area contributed by atoms with Crippen LogP contribution in [0.1, 0.15) is 46.9 Å². The Morgan fingerprint density at radius 1 is 1.29 bits per heavy atom. The van der Waals surface area contributed by atoms with E-state index in [1.54, 1.807) is 4.68 Å². The molecular formula is C17H17N5OS. The summed E-state index contributed by atoms with van der Waals surface area (Å²) in [6, 6.07) is 11.6. The molecule has 122 valence electrons. The maximum Gasteiger partial charge on any atom is 0.276 e. The van der Waals surface area contributed by atoms with E-state index in [1.165, 1.54) is 11.3 Å². The first kappa shape index (κ1) is 15.0. The molecule has 0 radical (unpaired) electrons. The van der Waals surface area contributed by atoms with Crippen LogP contribution in [0, 0.1) is 0 Å². The lowest BCUT2D eigenvalue weighted by Crippen LogP contribution is -2.16. The SMILES string of the molecule is CCc1nnc(NC(=O)c2cc(C3CC3)nn2-c2ccccc2)s1. The Kier molecular flexibility index (Phi) is 3.86. The minimum Gasteiger partial charge on any atom is -0.295 e. The molecule has 0 aliphatic heterocycles. The minimum atomic E-state index is -0.211. The van der Waals surface area contributed by atoms with Crippen molar-refractivity contribution >= 4 is 22.4 Å². The second-order valence-corrected chi connectivity index (χ2v) is 6.85. The average Bonchev–Trinajstić information content (AvgIpc) is 3.20. The predicted octanol–water partition coefficient (Wildman–Crippen LogP) is 3.42. The molecule has 1 fully saturated rings. The number of hydrogen-bond acceptors (Lipinski definition) is 5. The van der Waals surface area contributed by atoms with Crippen LogP contribution in [0.15, 0.2) is 36.4 Å². The van der Waals surface area contributed by atoms with E-state index in [0.29, 0.717) is 16.7 Å². The standard InChI is InChI=1S/C17H17N5OS/c1-2-15-19-20-17(24-15)18-16(23)14-10-13(11-8-9-11)21-22(14)12-6-4-3-5-7-12/h3-7,10-11H,2,8-9H2,1H3,(H,18,20,23). The normalized spacial score (nSPS) is 13.9. The van der Waals surface area contributed by atoms with E-state index >= 15 is 0 Å². The van der Waals surface area contributed by atoms with Crippen LogP contribution in [-0.2, 0) is 6.42 Å². The zero-order valence-electron chi connectivity index (χ0n) is 13.3. The molecule has 0 bridgehead atoms. The molecule has 4 rings (SSSR count). The third-order valence-electron chi connectivity index (χ3n) is 3.95. The van der Waals surface area contributed by atoms with Crippen LogP contribution in [0.5, 0.6) is 0 Å². The number of rotatable bonds is 5. The molecule has 1 aliphatic rings. The molecule has 1 saturated carbocycles. The second kappa shape index (κ2) is 6.16. The third-order valence-corrected chi connectivity index (χ3v) is 4.93. The highest BCUT2D eigenvalue weighted by Gasteiger charge is 2.29. The van der Waals surface area contributed by atoms with E-state index in [-0.39, 0.29) is 5.91 Å². The Labute approximate surface area is 143 Å². The summed E-state index contributed by atoms with van der Waals surface area (Å²) in [4.78, 5) is 12.7. The number of carbonyl (C=O) groups is 1. The van der Waals surface area contributed by atoms with Gasteiger partial charge in [-0.2, -0.15) is 5.10 Å². The molecule has 3 aromatic rings. The largest absolute Gasteiger partial charge is 0.295 e. The highest BCUT2D eigenvalue weighted by molar-refractivity contribution is 7.15. The highest BCUT2D eigenvalue weighted by Crippen LogP contribution is 2.39. The van der Waals surface area contributed by atoms with Crippen LogP contribution >= 0.6 is 11.3 Å². The summed E-state index contributed by atoms with van der Waals surface area (Å²) < 4.78 is 1.71. The van der Waals surface area contributed by atoms with Crippen LogP contribution in [0.2, 0.25) is 0 Å². The molecule has 0 atom stereocenters. The summed E-state index contributed by atoms with van der Waals surface area (Å²) in [6.45, 7) is 2.01. The maximum absolute atomic E-state index is 12.7. The lowest BCUT2D eigenvalue weighted by molar-refractivity contribution is 0.101. The smallest absolute Gasteiger partial charge is 0.276 e. The lowest BCUT2D eigenvalue weighted by Gasteiger charge is -2.06. The van der Waals surface area contributed by atoms with Gasteiger partial charge in [-0.25, -0.2) is 4.68 Å². The van der Waals surface area contributed by atoms with Gasteiger partial charge in [0.15, 0.2) is 0 Å². The quantitative estimate of drug-likeness (QED) is 0.773. The van der Waals surface area contributed by atoms with E-state index < -0.39 is 0 Å². The van der Waals surface area contributed by atoms with Crippen molar-refractivity contribution in [2.24, 2.45) is 0 Å². The number of benzene rings is 1. The molecule has 2 heterocycles. The van der Waals surface area contributed by atoms with Crippen LogP contribution in [-0.4, -0.2) is 25.9 Å². The number of anilines is 1. The molecule has 0 spiro atoms. The minimum absolute atomic E-state index is 0.211. The van der Waals surface area contributed by atoms with Gasteiger partial charge in [-0.3, -0.25) is 10.1 Å². The van der Waals surface area contributed by atoms with Gasteiger partial charge in [0.25, 0.3) is 5.91 Å². The number of nitrogens with zero attached hydrogens (tertiary/aromatic N) is 4. The number of carbonyl (C=O) groups excluding carboxylic acids is 1. The zero-order valence-corrected chi connectivity index (χ0v) is 14.1. The molecular weight excluding hydrogens is 322 g/mol. The van der Waals surface area contributed by atoms with E-state index in [2.05, 4.69) is 20.6 Å². The molecule has 1 aliphatic carbocycles. The third kappa shape index (κ3) is 2.94. The van der Waals surface area contributed by atoms with Gasteiger partial charge in [-0.1, -0.05) is 36.5 Å². The van der Waals surface area contributed by atoms with Crippen molar-refractivity contribution in [3.8, 4) is 5.69 Å². The zero-order chi connectivity index (χ0) is 16.5. The summed E-state index contributed by atoms with van der Waals surface area (Å²) in [5, 5.41) is 17.0. The molecule has 0 saturated heterocycles. The van der Waals surface area contributed by atoms with Crippen LogP contribution in [0.25, 0.3) is 5.69 Å². The average molecular weight is 339 g/mol. The second-order valence-electron chi connectivity index (χ2n) is 5.78. The Balaban J connectivity index is 1.66. The topological polar surface area (TPSA) is 72.7 Å². The fraction of sp³-hybridized carbons (Fsp3) is 0.294. The number of aromatic nitrogens is 4. The fourth-order valence-corrected chi connectivity index (χ4v) is 3.19. The number of hydrogen-bond donors (Lipinski definition) is 1. The predicted molar refractivity (Wildman–Crippen MR) is 92.8 cm³/mol. The Morgan fingerprint density at radius 2 is 2.08 bits per heavy atom. The van der Waals surface area contributed by atoms with Gasteiger partial charge >= 0.3 is 0 Å². The first-order chi connectivity index (χ1) is 11.7. The summed E-state index contributed by atoms with van der Waals surface area (Å²) >= 11 is 1.40. The molecule has 6 nitrogen and oxygen atoms in total. The van der Waals surface area contributed by atoms with Gasteiger partial charge in [-0.15, -0.1) is 10.2 Å². The van der Waals surface area contributed by atoms with Crippen molar-refractivity contribution in [2.75, 3.05) is 5.32 Å². The molecule has 24 heavy (non-hydrogen) atoms. The number of nitrogens with one attached hydrogen (secondary N) is 1. The molecule has 7 heteroatoms. The van der Waals surface area contributed by atoms with E-state index in [0.717, 1.165) is 35.7 Å². The van der Waals surface area contributed by atoms with E-state index in [1.807, 2.05) is 43.3 Å². The Morgan fingerprint density at radius 3 is 2.75 bits per heavy atom.